The van der Waals surface area contributed by atoms with E-state index >= 15 is 0 Å². The first-order chi connectivity index (χ1) is 9.72. The van der Waals surface area contributed by atoms with Crippen LogP contribution in [0.15, 0.2) is 60.7 Å². The van der Waals surface area contributed by atoms with Crippen molar-refractivity contribution in [3.63, 3.8) is 0 Å². The van der Waals surface area contributed by atoms with Crippen LogP contribution >= 0.6 is 0 Å². The summed E-state index contributed by atoms with van der Waals surface area (Å²) in [6.45, 7) is 0. The maximum absolute atomic E-state index is 12.2. The summed E-state index contributed by atoms with van der Waals surface area (Å²) in [5.41, 5.74) is 0.980. The van der Waals surface area contributed by atoms with Crippen molar-refractivity contribution in [3.8, 4) is 6.07 Å². The molecular weight excluding hydrogens is 250 g/mol. The van der Waals surface area contributed by atoms with Crippen LogP contribution in [0.4, 0.5) is 0 Å². The molecule has 0 heterocycles. The van der Waals surface area contributed by atoms with Crippen molar-refractivity contribution in [2.24, 2.45) is 5.92 Å². The van der Waals surface area contributed by atoms with E-state index in [4.69, 9.17) is 5.26 Å². The van der Waals surface area contributed by atoms with Crippen LogP contribution in [0.1, 0.15) is 27.1 Å². The van der Waals surface area contributed by atoms with Crippen molar-refractivity contribution < 1.29 is 9.59 Å². The summed E-state index contributed by atoms with van der Waals surface area (Å²) < 4.78 is 0. The highest BCUT2D eigenvalue weighted by Gasteiger charge is 2.23. The Bertz CT molecular complexity index is 642. The van der Waals surface area contributed by atoms with Gasteiger partial charge in [0.05, 0.1) is 6.07 Å². The first-order valence-corrected chi connectivity index (χ1v) is 6.29. The number of Topliss-reactive ketones (excluding diaryl/α,β-unsaturated/α-hetero) is 2. The molecule has 0 bridgehead atoms. The van der Waals surface area contributed by atoms with Gasteiger partial charge in [0.25, 0.3) is 0 Å². The van der Waals surface area contributed by atoms with Gasteiger partial charge in [-0.1, -0.05) is 60.7 Å². The minimum Gasteiger partial charge on any atom is -0.294 e. The molecule has 98 valence electrons. The smallest absolute Gasteiger partial charge is 0.180 e. The number of hydrogen-bond donors (Lipinski definition) is 0. The minimum atomic E-state index is -0.940. The quantitative estimate of drug-likeness (QED) is 0.778. The SMILES string of the molecule is N#CC(CC(=O)c1ccccc1)C(=O)c1ccccc1. The molecule has 1 atom stereocenters. The van der Waals surface area contributed by atoms with Crippen LogP contribution in [0.2, 0.25) is 0 Å². The molecular formula is C17H13NO2. The normalized spacial score (nSPS) is 11.3. The Morgan fingerprint density at radius 3 is 1.90 bits per heavy atom. The van der Waals surface area contributed by atoms with Crippen LogP contribution < -0.4 is 0 Å². The largest absolute Gasteiger partial charge is 0.294 e. The molecule has 0 aromatic heterocycles. The molecule has 3 heteroatoms. The van der Waals surface area contributed by atoms with Gasteiger partial charge >= 0.3 is 0 Å². The van der Waals surface area contributed by atoms with Crippen LogP contribution in [0.25, 0.3) is 0 Å². The van der Waals surface area contributed by atoms with Gasteiger partial charge in [0, 0.05) is 17.5 Å². The first-order valence-electron chi connectivity index (χ1n) is 6.29. The predicted molar refractivity (Wildman–Crippen MR) is 75.3 cm³/mol. The number of benzene rings is 2. The number of carbonyl (C=O) groups is 2. The van der Waals surface area contributed by atoms with Crippen LogP contribution in [-0.2, 0) is 0 Å². The molecule has 20 heavy (non-hydrogen) atoms. The van der Waals surface area contributed by atoms with Gasteiger partial charge in [0.2, 0.25) is 0 Å². The number of ketones is 2. The molecule has 0 N–H and O–H groups in total. The first kappa shape index (κ1) is 13.7. The number of rotatable bonds is 5. The van der Waals surface area contributed by atoms with E-state index in [1.165, 1.54) is 0 Å². The van der Waals surface area contributed by atoms with Crippen molar-refractivity contribution >= 4 is 11.6 Å². The standard InChI is InChI=1S/C17H13NO2/c18-12-15(17(20)14-9-5-2-6-10-14)11-16(19)13-7-3-1-4-8-13/h1-10,15H,11H2. The van der Waals surface area contributed by atoms with Crippen molar-refractivity contribution in [3.05, 3.63) is 71.8 Å². The Morgan fingerprint density at radius 2 is 1.40 bits per heavy atom. The van der Waals surface area contributed by atoms with Crippen molar-refractivity contribution in [2.45, 2.75) is 6.42 Å². The van der Waals surface area contributed by atoms with Gasteiger partial charge in [-0.3, -0.25) is 9.59 Å². The number of carbonyl (C=O) groups excluding carboxylic acids is 2. The third-order valence-corrected chi connectivity index (χ3v) is 3.02. The van der Waals surface area contributed by atoms with Crippen LogP contribution in [0, 0.1) is 17.2 Å². The summed E-state index contributed by atoms with van der Waals surface area (Å²) >= 11 is 0. The Kier molecular flexibility index (Phi) is 4.41. The molecule has 3 nitrogen and oxygen atoms in total. The van der Waals surface area contributed by atoms with E-state index in [1.54, 1.807) is 54.6 Å². The summed E-state index contributed by atoms with van der Waals surface area (Å²) in [4.78, 5) is 24.2. The van der Waals surface area contributed by atoms with Gasteiger partial charge in [-0.15, -0.1) is 0 Å². The summed E-state index contributed by atoms with van der Waals surface area (Å²) in [6, 6.07) is 19.2. The zero-order valence-corrected chi connectivity index (χ0v) is 10.8. The maximum Gasteiger partial charge on any atom is 0.180 e. The molecule has 2 rings (SSSR count). The molecule has 0 radical (unpaired) electrons. The zero-order chi connectivity index (χ0) is 14.4. The fourth-order valence-electron chi connectivity index (χ4n) is 1.93. The van der Waals surface area contributed by atoms with Gasteiger partial charge in [-0.25, -0.2) is 0 Å². The molecule has 0 saturated carbocycles. The molecule has 0 amide bonds. The summed E-state index contributed by atoms with van der Waals surface area (Å²) in [6.07, 6.45) is -0.0890. The Balaban J connectivity index is 2.13. The number of nitrogens with zero attached hydrogens (tertiary/aromatic N) is 1. The summed E-state index contributed by atoms with van der Waals surface area (Å²) in [5, 5.41) is 9.13. The lowest BCUT2D eigenvalue weighted by molar-refractivity contribution is 0.0882. The molecule has 0 fully saturated rings. The average molecular weight is 263 g/mol. The van der Waals surface area contributed by atoms with E-state index < -0.39 is 5.92 Å². The molecule has 0 aliphatic heterocycles. The van der Waals surface area contributed by atoms with Crippen LogP contribution in [0.3, 0.4) is 0 Å². The van der Waals surface area contributed by atoms with Gasteiger partial charge in [0.15, 0.2) is 11.6 Å². The maximum atomic E-state index is 12.2. The van der Waals surface area contributed by atoms with E-state index in [0.717, 1.165) is 0 Å². The third-order valence-electron chi connectivity index (χ3n) is 3.02. The van der Waals surface area contributed by atoms with Crippen molar-refractivity contribution in [1.82, 2.24) is 0 Å². The van der Waals surface area contributed by atoms with Crippen molar-refractivity contribution in [2.75, 3.05) is 0 Å². The highest BCUT2D eigenvalue weighted by atomic mass is 16.1. The average Bonchev–Trinajstić information content (AvgIpc) is 2.53. The minimum absolute atomic E-state index is 0.0890. The monoisotopic (exact) mass is 263 g/mol. The molecule has 1 unspecified atom stereocenters. The lowest BCUT2D eigenvalue weighted by Gasteiger charge is -2.07. The lowest BCUT2D eigenvalue weighted by Crippen LogP contribution is -2.17. The molecule has 0 spiro atoms. The topological polar surface area (TPSA) is 57.9 Å². The zero-order valence-electron chi connectivity index (χ0n) is 10.8. The molecule has 2 aromatic rings. The second kappa shape index (κ2) is 6.44. The van der Waals surface area contributed by atoms with E-state index in [0.29, 0.717) is 11.1 Å². The van der Waals surface area contributed by atoms with Gasteiger partial charge in [0.1, 0.15) is 5.92 Å². The van der Waals surface area contributed by atoms with E-state index in [-0.39, 0.29) is 18.0 Å². The fraction of sp³-hybridized carbons (Fsp3) is 0.118. The molecule has 0 aliphatic rings. The molecule has 0 saturated heterocycles. The van der Waals surface area contributed by atoms with Gasteiger partial charge in [-0.2, -0.15) is 5.26 Å². The number of nitriles is 1. The van der Waals surface area contributed by atoms with Crippen LogP contribution in [-0.4, -0.2) is 11.6 Å². The Labute approximate surface area is 117 Å². The summed E-state index contributed by atoms with van der Waals surface area (Å²) in [5.74, 6) is -1.44. The van der Waals surface area contributed by atoms with Gasteiger partial charge in [-0.05, 0) is 0 Å². The van der Waals surface area contributed by atoms with Crippen LogP contribution in [0.5, 0.6) is 0 Å². The predicted octanol–water partition coefficient (Wildman–Crippen LogP) is 3.28. The summed E-state index contributed by atoms with van der Waals surface area (Å²) in [7, 11) is 0. The second-order valence-electron chi connectivity index (χ2n) is 4.41. The van der Waals surface area contributed by atoms with E-state index in [1.807, 2.05) is 12.1 Å². The Morgan fingerprint density at radius 1 is 0.900 bits per heavy atom. The Hall–Kier alpha value is -2.73. The number of hydrogen-bond acceptors (Lipinski definition) is 3. The highest BCUT2D eigenvalue weighted by molar-refractivity contribution is 6.04. The van der Waals surface area contributed by atoms with E-state index in [9.17, 15) is 9.59 Å². The van der Waals surface area contributed by atoms with Crippen molar-refractivity contribution in [1.29, 1.82) is 5.26 Å². The molecule has 0 aliphatic carbocycles. The van der Waals surface area contributed by atoms with Gasteiger partial charge < -0.3 is 0 Å². The fourth-order valence-corrected chi connectivity index (χ4v) is 1.93. The second-order valence-corrected chi connectivity index (χ2v) is 4.41. The molecule has 2 aromatic carbocycles. The lowest BCUT2D eigenvalue weighted by atomic mass is 9.92. The van der Waals surface area contributed by atoms with E-state index in [2.05, 4.69) is 0 Å². The highest BCUT2D eigenvalue weighted by Crippen LogP contribution is 2.15. The third kappa shape index (κ3) is 3.18.